The van der Waals surface area contributed by atoms with E-state index >= 15 is 0 Å². The maximum Gasteiger partial charge on any atom is 0.229 e. The third-order valence-corrected chi connectivity index (χ3v) is 3.59. The number of hydrogen-bond donors (Lipinski definition) is 2. The highest BCUT2D eigenvalue weighted by molar-refractivity contribution is 9.10. The summed E-state index contributed by atoms with van der Waals surface area (Å²) in [5.41, 5.74) is 6.18. The first-order chi connectivity index (χ1) is 7.95. The lowest BCUT2D eigenvalue weighted by molar-refractivity contribution is -0.120. The number of aromatic nitrogens is 1. The Kier molecular flexibility index (Phi) is 5.36. The van der Waals surface area contributed by atoms with Gasteiger partial charge in [0.2, 0.25) is 5.91 Å². The lowest BCUT2D eigenvalue weighted by atomic mass is 9.95. The Bertz CT molecular complexity index is 412. The van der Waals surface area contributed by atoms with E-state index in [1.165, 1.54) is 6.20 Å². The fourth-order valence-corrected chi connectivity index (χ4v) is 1.86. The van der Waals surface area contributed by atoms with Crippen LogP contribution in [0.25, 0.3) is 0 Å². The van der Waals surface area contributed by atoms with Crippen molar-refractivity contribution in [2.24, 2.45) is 17.6 Å². The number of pyridine rings is 1. The quantitative estimate of drug-likeness (QED) is 0.838. The number of carbonyl (C=O) groups excluding carboxylic acids is 1. The van der Waals surface area contributed by atoms with Crippen LogP contribution in [0, 0.1) is 11.8 Å². The molecule has 0 aliphatic heterocycles. The minimum absolute atomic E-state index is 0.0986. The molecule has 0 radical (unpaired) electrons. The van der Waals surface area contributed by atoms with E-state index in [1.807, 2.05) is 13.8 Å². The predicted octanol–water partition coefficient (Wildman–Crippen LogP) is 2.67. The van der Waals surface area contributed by atoms with E-state index in [-0.39, 0.29) is 17.7 Å². The number of anilines is 1. The third kappa shape index (κ3) is 3.94. The van der Waals surface area contributed by atoms with Crippen molar-refractivity contribution >= 4 is 39.1 Å². The van der Waals surface area contributed by atoms with Crippen LogP contribution in [0.4, 0.5) is 5.69 Å². The summed E-state index contributed by atoms with van der Waals surface area (Å²) in [6.07, 6.45) is 1.51. The number of nitrogens with one attached hydrogen (secondary N) is 1. The molecule has 0 aliphatic carbocycles. The van der Waals surface area contributed by atoms with Crippen molar-refractivity contribution in [3.63, 3.8) is 0 Å². The van der Waals surface area contributed by atoms with E-state index in [1.54, 1.807) is 6.07 Å². The van der Waals surface area contributed by atoms with Crippen LogP contribution >= 0.6 is 27.5 Å². The van der Waals surface area contributed by atoms with Gasteiger partial charge in [-0.1, -0.05) is 25.4 Å². The number of carbonyl (C=O) groups is 1. The lowest BCUT2D eigenvalue weighted by Crippen LogP contribution is -2.33. The monoisotopic (exact) mass is 319 g/mol. The fourth-order valence-electron chi connectivity index (χ4n) is 1.41. The zero-order valence-electron chi connectivity index (χ0n) is 9.71. The molecule has 0 saturated carbocycles. The Labute approximate surface area is 114 Å². The Hall–Kier alpha value is -0.650. The number of amides is 1. The van der Waals surface area contributed by atoms with Gasteiger partial charge in [0.25, 0.3) is 0 Å². The Morgan fingerprint density at radius 2 is 2.29 bits per heavy atom. The van der Waals surface area contributed by atoms with Gasteiger partial charge in [0.05, 0.1) is 22.3 Å². The summed E-state index contributed by atoms with van der Waals surface area (Å²) in [5.74, 6) is -0.105. The van der Waals surface area contributed by atoms with Crippen LogP contribution in [0.15, 0.2) is 16.7 Å². The van der Waals surface area contributed by atoms with E-state index in [4.69, 9.17) is 17.3 Å². The highest BCUT2D eigenvalue weighted by Gasteiger charge is 2.20. The van der Waals surface area contributed by atoms with Crippen molar-refractivity contribution in [1.29, 1.82) is 0 Å². The number of nitrogens with two attached hydrogens (primary N) is 1. The number of halogens is 2. The summed E-state index contributed by atoms with van der Waals surface area (Å²) in [6, 6.07) is 1.71. The van der Waals surface area contributed by atoms with Crippen molar-refractivity contribution in [3.05, 3.63) is 21.9 Å². The van der Waals surface area contributed by atoms with Gasteiger partial charge in [0.1, 0.15) is 5.15 Å². The van der Waals surface area contributed by atoms with Crippen molar-refractivity contribution < 1.29 is 4.79 Å². The maximum absolute atomic E-state index is 11.9. The normalized spacial score (nSPS) is 12.6. The SMILES string of the molecule is CC(C)C(CN)C(=O)Nc1cnc(Cl)c(Br)c1. The molecular weight excluding hydrogens is 305 g/mol. The van der Waals surface area contributed by atoms with Gasteiger partial charge in [-0.25, -0.2) is 4.98 Å². The standard InChI is InChI=1S/C11H15BrClN3O/c1-6(2)8(4-14)11(17)16-7-3-9(12)10(13)15-5-7/h3,5-6,8H,4,14H2,1-2H3,(H,16,17). The molecule has 0 bridgehead atoms. The van der Waals surface area contributed by atoms with E-state index in [0.717, 1.165) is 0 Å². The maximum atomic E-state index is 11.9. The highest BCUT2D eigenvalue weighted by atomic mass is 79.9. The second-order valence-corrected chi connectivity index (χ2v) is 5.28. The molecule has 0 aromatic carbocycles. The van der Waals surface area contributed by atoms with E-state index in [9.17, 15) is 4.79 Å². The van der Waals surface area contributed by atoms with Gasteiger partial charge in [-0.2, -0.15) is 0 Å². The Morgan fingerprint density at radius 1 is 1.65 bits per heavy atom. The highest BCUT2D eigenvalue weighted by Crippen LogP contribution is 2.23. The third-order valence-electron chi connectivity index (χ3n) is 2.46. The Morgan fingerprint density at radius 3 is 2.76 bits per heavy atom. The number of nitrogens with zero attached hydrogens (tertiary/aromatic N) is 1. The molecule has 1 heterocycles. The summed E-state index contributed by atoms with van der Waals surface area (Å²) < 4.78 is 0.644. The van der Waals surface area contributed by atoms with Crippen LogP contribution in [-0.4, -0.2) is 17.4 Å². The number of rotatable bonds is 4. The summed E-state index contributed by atoms with van der Waals surface area (Å²) >= 11 is 9.02. The van der Waals surface area contributed by atoms with E-state index < -0.39 is 0 Å². The fraction of sp³-hybridized carbons (Fsp3) is 0.455. The van der Waals surface area contributed by atoms with Crippen LogP contribution in [-0.2, 0) is 4.79 Å². The van der Waals surface area contributed by atoms with Gasteiger partial charge >= 0.3 is 0 Å². The van der Waals surface area contributed by atoms with Crippen LogP contribution in [0.1, 0.15) is 13.8 Å². The first-order valence-electron chi connectivity index (χ1n) is 5.27. The van der Waals surface area contributed by atoms with Gasteiger partial charge in [-0.15, -0.1) is 0 Å². The second-order valence-electron chi connectivity index (χ2n) is 4.07. The number of hydrogen-bond acceptors (Lipinski definition) is 3. The molecule has 0 saturated heterocycles. The predicted molar refractivity (Wildman–Crippen MR) is 73.0 cm³/mol. The average molecular weight is 321 g/mol. The zero-order chi connectivity index (χ0) is 13.0. The molecule has 1 aromatic rings. The Balaban J connectivity index is 2.77. The van der Waals surface area contributed by atoms with Gasteiger partial charge in [-0.3, -0.25) is 4.79 Å². The molecule has 94 valence electrons. The van der Waals surface area contributed by atoms with Gasteiger partial charge < -0.3 is 11.1 Å². The summed E-state index contributed by atoms with van der Waals surface area (Å²) in [6.45, 7) is 4.26. The molecule has 0 spiro atoms. The molecule has 1 atom stereocenters. The molecular formula is C11H15BrClN3O. The van der Waals surface area contributed by atoms with Crippen molar-refractivity contribution in [1.82, 2.24) is 4.98 Å². The summed E-state index contributed by atoms with van der Waals surface area (Å²) in [7, 11) is 0. The molecule has 1 rings (SSSR count). The van der Waals surface area contributed by atoms with Crippen molar-refractivity contribution in [2.75, 3.05) is 11.9 Å². The smallest absolute Gasteiger partial charge is 0.229 e. The van der Waals surface area contributed by atoms with Crippen LogP contribution in [0.5, 0.6) is 0 Å². The minimum atomic E-state index is -0.204. The van der Waals surface area contributed by atoms with E-state index in [0.29, 0.717) is 21.9 Å². The van der Waals surface area contributed by atoms with Crippen LogP contribution < -0.4 is 11.1 Å². The lowest BCUT2D eigenvalue weighted by Gasteiger charge is -2.18. The molecule has 3 N–H and O–H groups in total. The topological polar surface area (TPSA) is 68.0 Å². The molecule has 1 unspecified atom stereocenters. The van der Waals surface area contributed by atoms with Crippen LogP contribution in [0.3, 0.4) is 0 Å². The minimum Gasteiger partial charge on any atom is -0.330 e. The molecule has 1 amide bonds. The molecule has 17 heavy (non-hydrogen) atoms. The van der Waals surface area contributed by atoms with Gasteiger partial charge in [0.15, 0.2) is 0 Å². The zero-order valence-corrected chi connectivity index (χ0v) is 12.0. The summed E-state index contributed by atoms with van der Waals surface area (Å²) in [5, 5.41) is 3.14. The van der Waals surface area contributed by atoms with Gasteiger partial charge in [-0.05, 0) is 27.9 Å². The second kappa shape index (κ2) is 6.33. The van der Waals surface area contributed by atoms with Crippen molar-refractivity contribution in [3.8, 4) is 0 Å². The molecule has 1 aromatic heterocycles. The molecule has 4 nitrogen and oxygen atoms in total. The largest absolute Gasteiger partial charge is 0.330 e. The first-order valence-corrected chi connectivity index (χ1v) is 6.44. The molecule has 6 heteroatoms. The molecule has 0 fully saturated rings. The molecule has 0 aliphatic rings. The summed E-state index contributed by atoms with van der Waals surface area (Å²) in [4.78, 5) is 15.8. The van der Waals surface area contributed by atoms with Gasteiger partial charge in [0, 0.05) is 6.54 Å². The first kappa shape index (κ1) is 14.4. The van der Waals surface area contributed by atoms with Crippen LogP contribution in [0.2, 0.25) is 5.15 Å². The van der Waals surface area contributed by atoms with Crippen molar-refractivity contribution in [2.45, 2.75) is 13.8 Å². The average Bonchev–Trinajstić information content (AvgIpc) is 2.24. The van der Waals surface area contributed by atoms with E-state index in [2.05, 4.69) is 26.2 Å².